The first-order chi connectivity index (χ1) is 8.93. The molecule has 0 radical (unpaired) electrons. The second kappa shape index (κ2) is 5.00. The fourth-order valence-corrected chi connectivity index (χ4v) is 2.22. The van der Waals surface area contributed by atoms with Crippen LogP contribution in [-0.2, 0) is 0 Å². The van der Waals surface area contributed by atoms with Crippen LogP contribution in [0.1, 0.15) is 12.0 Å². The summed E-state index contributed by atoms with van der Waals surface area (Å²) in [6.45, 7) is 1.86. The number of anilines is 1. The lowest BCUT2D eigenvalue weighted by Crippen LogP contribution is -2.29. The van der Waals surface area contributed by atoms with Crippen LogP contribution in [0.3, 0.4) is 0 Å². The Morgan fingerprint density at radius 1 is 0.944 bits per heavy atom. The van der Waals surface area contributed by atoms with Crippen molar-refractivity contribution in [2.45, 2.75) is 6.42 Å². The molecule has 1 aromatic heterocycles. The molecule has 0 fully saturated rings. The maximum Gasteiger partial charge on any atom is 0.225 e. The third-order valence-electron chi connectivity index (χ3n) is 3.19. The highest BCUT2D eigenvalue weighted by atomic mass is 15.2. The van der Waals surface area contributed by atoms with Crippen molar-refractivity contribution >= 4 is 11.5 Å². The predicted octanol–water partition coefficient (Wildman–Crippen LogP) is 2.77. The lowest BCUT2D eigenvalue weighted by atomic mass is 10.00. The first-order valence-electron chi connectivity index (χ1n) is 6.20. The molecule has 0 aliphatic carbocycles. The van der Waals surface area contributed by atoms with E-state index in [0.29, 0.717) is 0 Å². The Kier molecular flexibility index (Phi) is 3.05. The van der Waals surface area contributed by atoms with E-state index >= 15 is 0 Å². The second-order valence-corrected chi connectivity index (χ2v) is 4.34. The molecule has 90 valence electrons. The minimum atomic E-state index is 0.820. The van der Waals surface area contributed by atoms with Gasteiger partial charge in [-0.2, -0.15) is 0 Å². The Labute approximate surface area is 107 Å². The van der Waals surface area contributed by atoms with Crippen LogP contribution in [-0.4, -0.2) is 23.1 Å². The molecule has 0 amide bonds. The van der Waals surface area contributed by atoms with Crippen molar-refractivity contribution in [3.05, 3.63) is 60.4 Å². The smallest absolute Gasteiger partial charge is 0.225 e. The Morgan fingerprint density at radius 2 is 1.72 bits per heavy atom. The summed E-state index contributed by atoms with van der Waals surface area (Å²) < 4.78 is 0. The van der Waals surface area contributed by atoms with Gasteiger partial charge in [-0.15, -0.1) is 0 Å². The average Bonchev–Trinajstić information content (AvgIpc) is 2.49. The average molecular weight is 237 g/mol. The summed E-state index contributed by atoms with van der Waals surface area (Å²) in [6, 6.07) is 12.4. The summed E-state index contributed by atoms with van der Waals surface area (Å²) in [5, 5.41) is 0. The third-order valence-corrected chi connectivity index (χ3v) is 3.19. The second-order valence-electron chi connectivity index (χ2n) is 4.34. The molecule has 0 bridgehead atoms. The number of hydrogen-bond acceptors (Lipinski definition) is 3. The molecule has 0 spiro atoms. The molecule has 0 saturated heterocycles. The van der Waals surface area contributed by atoms with E-state index < -0.39 is 0 Å². The van der Waals surface area contributed by atoms with E-state index in [0.717, 1.165) is 25.5 Å². The third kappa shape index (κ3) is 2.25. The van der Waals surface area contributed by atoms with Crippen molar-refractivity contribution in [2.75, 3.05) is 18.0 Å². The lowest BCUT2D eigenvalue weighted by molar-refractivity contribution is 0.796. The normalized spacial score (nSPS) is 15.3. The molecule has 3 heteroatoms. The van der Waals surface area contributed by atoms with Gasteiger partial charge in [0.2, 0.25) is 5.95 Å². The first-order valence-corrected chi connectivity index (χ1v) is 6.20. The van der Waals surface area contributed by atoms with Crippen LogP contribution in [0.25, 0.3) is 5.57 Å². The lowest BCUT2D eigenvalue weighted by Gasteiger charge is -2.26. The van der Waals surface area contributed by atoms with Crippen LogP contribution in [0, 0.1) is 0 Å². The van der Waals surface area contributed by atoms with E-state index in [4.69, 9.17) is 0 Å². The summed E-state index contributed by atoms with van der Waals surface area (Å²) >= 11 is 0. The van der Waals surface area contributed by atoms with Crippen LogP contribution in [0.15, 0.2) is 54.9 Å². The molecule has 1 aromatic carbocycles. The molecule has 3 nitrogen and oxygen atoms in total. The molecule has 2 aromatic rings. The van der Waals surface area contributed by atoms with Crippen molar-refractivity contribution < 1.29 is 0 Å². The molecule has 0 saturated carbocycles. The first kappa shape index (κ1) is 11.0. The van der Waals surface area contributed by atoms with E-state index in [9.17, 15) is 0 Å². The molecule has 1 aliphatic heterocycles. The molecular formula is C15H15N3. The monoisotopic (exact) mass is 237 g/mol. The van der Waals surface area contributed by atoms with E-state index in [1.165, 1.54) is 11.1 Å². The summed E-state index contributed by atoms with van der Waals surface area (Å²) in [5.41, 5.74) is 2.74. The van der Waals surface area contributed by atoms with Crippen LogP contribution >= 0.6 is 0 Å². The van der Waals surface area contributed by atoms with Gasteiger partial charge in [0.25, 0.3) is 0 Å². The molecular weight excluding hydrogens is 222 g/mol. The summed E-state index contributed by atoms with van der Waals surface area (Å²) in [4.78, 5) is 10.8. The van der Waals surface area contributed by atoms with Crippen molar-refractivity contribution in [1.29, 1.82) is 0 Å². The highest BCUT2D eigenvalue weighted by molar-refractivity contribution is 5.67. The predicted molar refractivity (Wildman–Crippen MR) is 73.3 cm³/mol. The highest BCUT2D eigenvalue weighted by Crippen LogP contribution is 2.23. The number of nitrogens with zero attached hydrogens (tertiary/aromatic N) is 3. The number of rotatable bonds is 2. The van der Waals surface area contributed by atoms with Crippen LogP contribution in [0.4, 0.5) is 5.95 Å². The van der Waals surface area contributed by atoms with Gasteiger partial charge in [0.05, 0.1) is 0 Å². The van der Waals surface area contributed by atoms with Gasteiger partial charge >= 0.3 is 0 Å². The highest BCUT2D eigenvalue weighted by Gasteiger charge is 2.14. The van der Waals surface area contributed by atoms with E-state index in [1.54, 1.807) is 12.4 Å². The topological polar surface area (TPSA) is 29.0 Å². The van der Waals surface area contributed by atoms with Crippen molar-refractivity contribution in [3.63, 3.8) is 0 Å². The fourth-order valence-electron chi connectivity index (χ4n) is 2.22. The van der Waals surface area contributed by atoms with E-state index in [1.807, 2.05) is 6.07 Å². The van der Waals surface area contributed by atoms with Gasteiger partial charge in [-0.3, -0.25) is 0 Å². The standard InChI is InChI=1S/C15H15N3/c1-2-5-13(6-3-1)14-7-11-18(12-8-14)15-16-9-4-10-17-15/h1-7,9-10H,8,11-12H2. The molecule has 0 unspecified atom stereocenters. The molecule has 3 rings (SSSR count). The zero-order valence-electron chi connectivity index (χ0n) is 10.2. The Morgan fingerprint density at radius 3 is 2.39 bits per heavy atom. The molecule has 0 N–H and O–H groups in total. The number of aromatic nitrogens is 2. The summed E-state index contributed by atoms with van der Waals surface area (Å²) in [7, 11) is 0. The largest absolute Gasteiger partial charge is 0.337 e. The zero-order chi connectivity index (χ0) is 12.2. The van der Waals surface area contributed by atoms with Crippen molar-refractivity contribution in [3.8, 4) is 0 Å². The van der Waals surface area contributed by atoms with Gasteiger partial charge in [0.15, 0.2) is 0 Å². The van der Waals surface area contributed by atoms with Crippen molar-refractivity contribution in [2.24, 2.45) is 0 Å². The molecule has 18 heavy (non-hydrogen) atoms. The van der Waals surface area contributed by atoms with E-state index in [-0.39, 0.29) is 0 Å². The number of benzene rings is 1. The molecule has 2 heterocycles. The summed E-state index contributed by atoms with van der Waals surface area (Å²) in [5.74, 6) is 0.820. The Hall–Kier alpha value is -2.16. The minimum absolute atomic E-state index is 0.820. The molecule has 0 atom stereocenters. The quantitative estimate of drug-likeness (QED) is 0.804. The Balaban J connectivity index is 1.76. The van der Waals surface area contributed by atoms with Gasteiger partial charge in [-0.05, 0) is 23.6 Å². The van der Waals surface area contributed by atoms with Crippen molar-refractivity contribution in [1.82, 2.24) is 9.97 Å². The zero-order valence-corrected chi connectivity index (χ0v) is 10.2. The van der Waals surface area contributed by atoms with E-state index in [2.05, 4.69) is 51.3 Å². The van der Waals surface area contributed by atoms with Crippen LogP contribution in [0.5, 0.6) is 0 Å². The fraction of sp³-hybridized carbons (Fsp3) is 0.200. The minimum Gasteiger partial charge on any atom is -0.337 e. The Bertz CT molecular complexity index is 534. The van der Waals surface area contributed by atoms with Gasteiger partial charge < -0.3 is 4.90 Å². The van der Waals surface area contributed by atoms with Gasteiger partial charge in [0.1, 0.15) is 0 Å². The summed E-state index contributed by atoms with van der Waals surface area (Å²) in [6.07, 6.45) is 6.90. The molecule has 1 aliphatic rings. The van der Waals surface area contributed by atoms with Crippen LogP contribution in [0.2, 0.25) is 0 Å². The van der Waals surface area contributed by atoms with Crippen LogP contribution < -0.4 is 4.90 Å². The van der Waals surface area contributed by atoms with Gasteiger partial charge in [-0.25, -0.2) is 9.97 Å². The van der Waals surface area contributed by atoms with Gasteiger partial charge in [0, 0.05) is 25.5 Å². The maximum absolute atomic E-state index is 4.29. The maximum atomic E-state index is 4.29. The van der Waals surface area contributed by atoms with Gasteiger partial charge in [-0.1, -0.05) is 36.4 Å². The SMILES string of the molecule is C1=C(c2ccccc2)CCN(c2ncccn2)C1. The number of hydrogen-bond donors (Lipinski definition) is 0.